The smallest absolute Gasteiger partial charge is 0.272 e. The second-order valence-electron chi connectivity index (χ2n) is 5.47. The van der Waals surface area contributed by atoms with Gasteiger partial charge in [0.25, 0.3) is 5.91 Å². The molecule has 0 fully saturated rings. The summed E-state index contributed by atoms with van der Waals surface area (Å²) in [6.45, 7) is 0. The molecule has 5 nitrogen and oxygen atoms in total. The Balaban J connectivity index is 1.74. The van der Waals surface area contributed by atoms with Crippen LogP contribution in [0.3, 0.4) is 0 Å². The summed E-state index contributed by atoms with van der Waals surface area (Å²) in [6.07, 6.45) is 0. The van der Waals surface area contributed by atoms with Crippen molar-refractivity contribution in [2.75, 3.05) is 0 Å². The molecule has 0 aliphatic heterocycles. The van der Waals surface area contributed by atoms with E-state index in [1.54, 1.807) is 6.07 Å². The molecule has 2 aromatic carbocycles. The number of nitrogens with one attached hydrogen (secondary N) is 1. The maximum absolute atomic E-state index is 12.6. The molecule has 2 aromatic heterocycles. The molecular weight excluding hydrogens is 356 g/mol. The first-order valence-electron chi connectivity index (χ1n) is 7.57. The summed E-state index contributed by atoms with van der Waals surface area (Å²) in [5.41, 5.74) is 4.81. The van der Waals surface area contributed by atoms with Crippen LogP contribution in [0.5, 0.6) is 0 Å². The van der Waals surface area contributed by atoms with Gasteiger partial charge in [0.2, 0.25) is 4.80 Å². The summed E-state index contributed by atoms with van der Waals surface area (Å²) in [7, 11) is 1.92. The molecule has 0 aliphatic rings. The van der Waals surface area contributed by atoms with E-state index in [4.69, 9.17) is 11.6 Å². The van der Waals surface area contributed by atoms with Gasteiger partial charge in [-0.05, 0) is 24.3 Å². The summed E-state index contributed by atoms with van der Waals surface area (Å²) in [6, 6.07) is 16.9. The van der Waals surface area contributed by atoms with Gasteiger partial charge < -0.3 is 4.57 Å². The highest BCUT2D eigenvalue weighted by molar-refractivity contribution is 7.16. The zero-order valence-electron chi connectivity index (χ0n) is 13.2. The van der Waals surface area contributed by atoms with Crippen molar-refractivity contribution >= 4 is 50.0 Å². The SMILES string of the molecule is Cn1/c(=N/NC(=O)c2cc(Cl)nc3ccccc23)sc2ccccc21. The predicted molar refractivity (Wildman–Crippen MR) is 101 cm³/mol. The molecule has 0 atom stereocenters. The molecule has 25 heavy (non-hydrogen) atoms. The van der Waals surface area contributed by atoms with Crippen LogP contribution < -0.4 is 10.2 Å². The molecule has 0 spiro atoms. The molecule has 1 amide bonds. The number of rotatable bonds is 2. The van der Waals surface area contributed by atoms with E-state index in [1.807, 2.05) is 60.1 Å². The molecule has 4 rings (SSSR count). The minimum absolute atomic E-state index is 0.274. The average Bonchev–Trinajstić information content (AvgIpc) is 2.95. The van der Waals surface area contributed by atoms with Crippen molar-refractivity contribution in [1.29, 1.82) is 0 Å². The second-order valence-corrected chi connectivity index (χ2v) is 6.87. The number of halogens is 1. The number of fused-ring (bicyclic) bond motifs is 2. The van der Waals surface area contributed by atoms with E-state index in [0.29, 0.717) is 15.9 Å². The van der Waals surface area contributed by atoms with Crippen LogP contribution in [0, 0.1) is 0 Å². The largest absolute Gasteiger partial charge is 0.318 e. The number of aryl methyl sites for hydroxylation is 1. The van der Waals surface area contributed by atoms with E-state index in [1.165, 1.54) is 11.3 Å². The number of carbonyl (C=O) groups is 1. The Bertz CT molecular complexity index is 1180. The van der Waals surface area contributed by atoms with Crippen LogP contribution in [0.15, 0.2) is 59.7 Å². The van der Waals surface area contributed by atoms with Crippen molar-refractivity contribution < 1.29 is 4.79 Å². The maximum atomic E-state index is 12.6. The Hall–Kier alpha value is -2.70. The van der Waals surface area contributed by atoms with Crippen LogP contribution in [0.1, 0.15) is 10.4 Å². The first kappa shape index (κ1) is 15.8. The number of aromatic nitrogens is 2. The Morgan fingerprint density at radius 1 is 1.20 bits per heavy atom. The zero-order chi connectivity index (χ0) is 17.4. The number of amides is 1. The highest BCUT2D eigenvalue weighted by Gasteiger charge is 2.12. The van der Waals surface area contributed by atoms with Crippen molar-refractivity contribution in [3.05, 3.63) is 70.1 Å². The molecule has 4 aromatic rings. The van der Waals surface area contributed by atoms with Gasteiger partial charge in [-0.1, -0.05) is 53.3 Å². The molecular formula is C18H13ClN4OS. The normalized spacial score (nSPS) is 12.0. The zero-order valence-corrected chi connectivity index (χ0v) is 14.8. The van der Waals surface area contributed by atoms with Crippen LogP contribution in [0.25, 0.3) is 21.1 Å². The monoisotopic (exact) mass is 368 g/mol. The Morgan fingerprint density at radius 3 is 2.80 bits per heavy atom. The quantitative estimate of drug-likeness (QED) is 0.433. The van der Waals surface area contributed by atoms with Crippen LogP contribution in [-0.4, -0.2) is 15.5 Å². The lowest BCUT2D eigenvalue weighted by Crippen LogP contribution is -2.23. The van der Waals surface area contributed by atoms with Gasteiger partial charge in [-0.3, -0.25) is 4.79 Å². The lowest BCUT2D eigenvalue weighted by Gasteiger charge is -2.05. The van der Waals surface area contributed by atoms with Gasteiger partial charge in [-0.15, -0.1) is 5.10 Å². The van der Waals surface area contributed by atoms with Gasteiger partial charge in [0.15, 0.2) is 0 Å². The fourth-order valence-corrected chi connectivity index (χ4v) is 3.86. The number of benzene rings is 2. The van der Waals surface area contributed by atoms with E-state index >= 15 is 0 Å². The van der Waals surface area contributed by atoms with E-state index in [-0.39, 0.29) is 11.1 Å². The second kappa shape index (κ2) is 6.31. The number of nitrogens with zero attached hydrogens (tertiary/aromatic N) is 3. The van der Waals surface area contributed by atoms with Crippen molar-refractivity contribution in [2.24, 2.45) is 12.1 Å². The molecule has 0 aliphatic carbocycles. The topological polar surface area (TPSA) is 59.3 Å². The molecule has 1 N–H and O–H groups in total. The minimum Gasteiger partial charge on any atom is -0.318 e. The van der Waals surface area contributed by atoms with E-state index in [2.05, 4.69) is 15.5 Å². The first-order valence-corrected chi connectivity index (χ1v) is 8.77. The third-order valence-corrected chi connectivity index (χ3v) is 5.20. The fraction of sp³-hybridized carbons (Fsp3) is 0.0556. The summed E-state index contributed by atoms with van der Waals surface area (Å²) in [5.74, 6) is -0.321. The Morgan fingerprint density at radius 2 is 1.96 bits per heavy atom. The maximum Gasteiger partial charge on any atom is 0.272 e. The molecule has 124 valence electrons. The summed E-state index contributed by atoms with van der Waals surface area (Å²) >= 11 is 7.55. The standard InChI is InChI=1S/C18H13ClN4OS/c1-23-14-8-4-5-9-15(14)25-18(23)22-21-17(24)12-10-16(19)20-13-7-3-2-6-11(12)13/h2-10H,1H3,(H,21,24)/b22-18-. The summed E-state index contributed by atoms with van der Waals surface area (Å²) in [5, 5.41) is 5.28. The molecule has 2 heterocycles. The number of thiazole rings is 1. The molecule has 0 saturated heterocycles. The van der Waals surface area contributed by atoms with Crippen molar-refractivity contribution in [2.45, 2.75) is 0 Å². The van der Waals surface area contributed by atoms with E-state index in [9.17, 15) is 4.79 Å². The third kappa shape index (κ3) is 2.90. The molecule has 0 radical (unpaired) electrons. The van der Waals surface area contributed by atoms with Crippen molar-refractivity contribution in [3.8, 4) is 0 Å². The average molecular weight is 369 g/mol. The number of para-hydroxylation sites is 2. The van der Waals surface area contributed by atoms with E-state index in [0.717, 1.165) is 15.6 Å². The first-order chi connectivity index (χ1) is 12.1. The van der Waals surface area contributed by atoms with Gasteiger partial charge >= 0.3 is 0 Å². The molecule has 7 heteroatoms. The lowest BCUT2D eigenvalue weighted by atomic mass is 10.1. The highest BCUT2D eigenvalue weighted by Crippen LogP contribution is 2.20. The molecule has 0 bridgehead atoms. The summed E-state index contributed by atoms with van der Waals surface area (Å²) < 4.78 is 3.05. The van der Waals surface area contributed by atoms with Crippen molar-refractivity contribution in [3.63, 3.8) is 0 Å². The number of hydrogen-bond donors (Lipinski definition) is 1. The minimum atomic E-state index is -0.321. The number of pyridine rings is 1. The van der Waals surface area contributed by atoms with Gasteiger partial charge in [-0.25, -0.2) is 10.4 Å². The highest BCUT2D eigenvalue weighted by atomic mass is 35.5. The van der Waals surface area contributed by atoms with E-state index < -0.39 is 0 Å². The van der Waals surface area contributed by atoms with Crippen molar-refractivity contribution in [1.82, 2.24) is 15.0 Å². The molecule has 0 saturated carbocycles. The number of carbonyl (C=O) groups excluding carboxylic acids is 1. The van der Waals surface area contributed by atoms with Gasteiger partial charge in [0.05, 0.1) is 21.3 Å². The predicted octanol–water partition coefficient (Wildman–Crippen LogP) is 3.69. The van der Waals surface area contributed by atoms with Gasteiger partial charge in [0.1, 0.15) is 5.15 Å². The lowest BCUT2D eigenvalue weighted by molar-refractivity contribution is 0.0954. The van der Waals surface area contributed by atoms with Gasteiger partial charge in [-0.2, -0.15) is 0 Å². The Labute approximate surface area is 152 Å². The Kier molecular flexibility index (Phi) is 3.99. The fourth-order valence-electron chi connectivity index (χ4n) is 2.68. The summed E-state index contributed by atoms with van der Waals surface area (Å²) in [4.78, 5) is 17.6. The third-order valence-electron chi connectivity index (χ3n) is 3.90. The van der Waals surface area contributed by atoms with Crippen LogP contribution >= 0.6 is 22.9 Å². The van der Waals surface area contributed by atoms with Crippen LogP contribution in [0.2, 0.25) is 5.15 Å². The van der Waals surface area contributed by atoms with Gasteiger partial charge in [0, 0.05) is 12.4 Å². The number of hydrogen-bond acceptors (Lipinski definition) is 4. The van der Waals surface area contributed by atoms with Crippen LogP contribution in [0.4, 0.5) is 0 Å². The molecule has 0 unspecified atom stereocenters. The van der Waals surface area contributed by atoms with Crippen LogP contribution in [-0.2, 0) is 7.05 Å².